The molecule has 0 bridgehead atoms. The highest BCUT2D eigenvalue weighted by molar-refractivity contribution is 7.19. The molecule has 0 radical (unpaired) electrons. The lowest BCUT2D eigenvalue weighted by Gasteiger charge is -2.20. The summed E-state index contributed by atoms with van der Waals surface area (Å²) < 4.78 is 41.9. The summed E-state index contributed by atoms with van der Waals surface area (Å²) in [5.41, 5.74) is 1.13. The van der Waals surface area contributed by atoms with Crippen LogP contribution < -0.4 is 10.6 Å². The van der Waals surface area contributed by atoms with Crippen LogP contribution in [0.25, 0.3) is 21.5 Å². The van der Waals surface area contributed by atoms with E-state index in [9.17, 15) is 22.8 Å². The van der Waals surface area contributed by atoms with Crippen molar-refractivity contribution >= 4 is 39.1 Å². The molecule has 7 nitrogen and oxygen atoms in total. The number of nitrogens with zero attached hydrogens (tertiary/aromatic N) is 3. The van der Waals surface area contributed by atoms with Crippen molar-refractivity contribution in [1.29, 1.82) is 0 Å². The predicted molar refractivity (Wildman–Crippen MR) is 134 cm³/mol. The van der Waals surface area contributed by atoms with Crippen LogP contribution in [0.5, 0.6) is 0 Å². The van der Waals surface area contributed by atoms with E-state index in [0.29, 0.717) is 33.6 Å². The average molecular weight is 530 g/mol. The fourth-order valence-corrected chi connectivity index (χ4v) is 6.86. The minimum absolute atomic E-state index is 0.0788. The quantitative estimate of drug-likeness (QED) is 0.470. The number of thiophene rings is 1. The number of hydrogen-bond donors (Lipinski definition) is 2. The third-order valence-corrected chi connectivity index (χ3v) is 8.98. The summed E-state index contributed by atoms with van der Waals surface area (Å²) in [6, 6.07) is 4.62. The second-order valence-corrected chi connectivity index (χ2v) is 11.8. The van der Waals surface area contributed by atoms with Crippen molar-refractivity contribution in [3.63, 3.8) is 0 Å². The molecule has 3 fully saturated rings. The van der Waals surface area contributed by atoms with E-state index in [1.54, 1.807) is 25.3 Å². The summed E-state index contributed by atoms with van der Waals surface area (Å²) in [6.45, 7) is 7.20. The van der Waals surface area contributed by atoms with Crippen LogP contribution in [0.1, 0.15) is 36.4 Å². The first kappa shape index (κ1) is 24.3. The molecule has 1 saturated carbocycles. The number of rotatable bonds is 5. The number of alkyl halides is 3. The normalized spacial score (nSPS) is 24.7. The van der Waals surface area contributed by atoms with E-state index >= 15 is 0 Å². The van der Waals surface area contributed by atoms with E-state index in [-0.39, 0.29) is 47.3 Å². The Morgan fingerprint density at radius 1 is 1.22 bits per heavy atom. The van der Waals surface area contributed by atoms with Gasteiger partial charge in [-0.2, -0.15) is 13.2 Å². The number of pyridine rings is 2. The van der Waals surface area contributed by atoms with Gasteiger partial charge in [0.2, 0.25) is 11.8 Å². The SMILES string of the molecule is Cc1cc(C(F)(F)F)nc(-c2ccnc3cc(CN4C(=O)C5C(C4=O)C5(C)C)sc23)c1NC1CCNC1. The Balaban J connectivity index is 1.40. The van der Waals surface area contributed by atoms with Crippen molar-refractivity contribution in [2.45, 2.75) is 46.0 Å². The first-order chi connectivity index (χ1) is 17.5. The zero-order valence-corrected chi connectivity index (χ0v) is 21.4. The van der Waals surface area contributed by atoms with Gasteiger partial charge in [0.05, 0.1) is 40.0 Å². The lowest BCUT2D eigenvalue weighted by molar-refractivity contribution is -0.144. The van der Waals surface area contributed by atoms with Gasteiger partial charge in [-0.3, -0.25) is 19.5 Å². The van der Waals surface area contributed by atoms with Gasteiger partial charge in [-0.1, -0.05) is 13.8 Å². The maximum absolute atomic E-state index is 13.7. The summed E-state index contributed by atoms with van der Waals surface area (Å²) in [5.74, 6) is -0.840. The number of imide groups is 1. The van der Waals surface area contributed by atoms with E-state index in [2.05, 4.69) is 20.6 Å². The maximum Gasteiger partial charge on any atom is 0.433 e. The fourth-order valence-electron chi connectivity index (χ4n) is 5.74. The van der Waals surface area contributed by atoms with Crippen LogP contribution in [0.3, 0.4) is 0 Å². The fraction of sp³-hybridized carbons (Fsp3) is 0.462. The highest BCUT2D eigenvalue weighted by atomic mass is 32.1. The van der Waals surface area contributed by atoms with Crippen molar-refractivity contribution in [3.8, 4) is 11.3 Å². The van der Waals surface area contributed by atoms with Crippen molar-refractivity contribution in [1.82, 2.24) is 20.2 Å². The van der Waals surface area contributed by atoms with Crippen molar-refractivity contribution in [3.05, 3.63) is 40.5 Å². The number of piperidine rings is 1. The number of likely N-dealkylation sites (tertiary alicyclic amines) is 1. The number of halogens is 3. The minimum atomic E-state index is -4.59. The van der Waals surface area contributed by atoms with Gasteiger partial charge in [0.1, 0.15) is 5.69 Å². The Hall–Kier alpha value is -3.05. The standard InChI is InChI=1S/C26H26F3N5O2S/c1-12-8-17(26(27,28)29)33-21(20(12)32-13-4-6-30-10-13)15-5-7-31-16-9-14(37-22(15)16)11-34-23(35)18-19(24(34)36)25(18,2)3/h5,7-9,13,18-19,30,32H,4,6,10-11H2,1-3H3. The number of carbonyl (C=O) groups excluding carboxylic acids is 2. The molecule has 3 aliphatic rings. The molecule has 6 rings (SSSR count). The molecule has 3 aromatic rings. The molecule has 3 unspecified atom stereocenters. The Bertz CT molecular complexity index is 1420. The summed E-state index contributed by atoms with van der Waals surface area (Å²) in [6.07, 6.45) is -2.19. The van der Waals surface area contributed by atoms with E-state index in [4.69, 9.17) is 0 Å². The van der Waals surface area contributed by atoms with Gasteiger partial charge in [-0.05, 0) is 49.1 Å². The maximum atomic E-state index is 13.7. The van der Waals surface area contributed by atoms with Crippen LogP contribution in [0.4, 0.5) is 18.9 Å². The summed E-state index contributed by atoms with van der Waals surface area (Å²) in [4.78, 5) is 36.2. The first-order valence-corrected chi connectivity index (χ1v) is 13.1. The smallest absolute Gasteiger partial charge is 0.379 e. The van der Waals surface area contributed by atoms with Crippen LogP contribution >= 0.6 is 11.3 Å². The van der Waals surface area contributed by atoms with Crippen LogP contribution in [-0.2, 0) is 22.3 Å². The second kappa shape index (κ2) is 8.22. The molecule has 5 heterocycles. The van der Waals surface area contributed by atoms with E-state index < -0.39 is 11.9 Å². The van der Waals surface area contributed by atoms with Gasteiger partial charge in [0.15, 0.2) is 0 Å². The van der Waals surface area contributed by atoms with E-state index in [1.165, 1.54) is 16.2 Å². The molecule has 1 aliphatic carbocycles. The van der Waals surface area contributed by atoms with Gasteiger partial charge >= 0.3 is 6.18 Å². The number of aryl methyl sites for hydroxylation is 1. The number of carbonyl (C=O) groups is 2. The third kappa shape index (κ3) is 3.90. The van der Waals surface area contributed by atoms with Gasteiger partial charge in [0.25, 0.3) is 0 Å². The monoisotopic (exact) mass is 529 g/mol. The van der Waals surface area contributed by atoms with Crippen molar-refractivity contribution in [2.75, 3.05) is 18.4 Å². The largest absolute Gasteiger partial charge is 0.433 e. The molecular weight excluding hydrogens is 503 g/mol. The highest BCUT2D eigenvalue weighted by Crippen LogP contribution is 2.63. The molecule has 37 heavy (non-hydrogen) atoms. The molecular formula is C26H26F3N5O2S. The molecule has 2 saturated heterocycles. The Kier molecular flexibility index (Phi) is 5.40. The highest BCUT2D eigenvalue weighted by Gasteiger charge is 2.72. The first-order valence-electron chi connectivity index (χ1n) is 12.3. The number of anilines is 1. The minimum Gasteiger partial charge on any atom is -0.379 e. The van der Waals surface area contributed by atoms with Crippen LogP contribution in [0, 0.1) is 24.2 Å². The zero-order valence-electron chi connectivity index (χ0n) is 20.6. The molecule has 11 heteroatoms. The number of fused-ring (bicyclic) bond motifs is 2. The van der Waals surface area contributed by atoms with E-state index in [1.807, 2.05) is 13.8 Å². The molecule has 3 aromatic heterocycles. The summed E-state index contributed by atoms with van der Waals surface area (Å²) >= 11 is 1.33. The number of nitrogens with one attached hydrogen (secondary N) is 2. The Labute approximate surface area is 215 Å². The third-order valence-electron chi connectivity index (χ3n) is 7.84. The Morgan fingerprint density at radius 3 is 2.59 bits per heavy atom. The predicted octanol–water partition coefficient (Wildman–Crippen LogP) is 4.60. The number of hydrogen-bond acceptors (Lipinski definition) is 7. The molecule has 2 amide bonds. The zero-order chi connectivity index (χ0) is 26.3. The lowest BCUT2D eigenvalue weighted by atomic mass is 10.0. The van der Waals surface area contributed by atoms with Crippen LogP contribution in [-0.4, -0.2) is 45.8 Å². The topological polar surface area (TPSA) is 87.2 Å². The van der Waals surface area contributed by atoms with Crippen molar-refractivity contribution < 1.29 is 22.8 Å². The molecule has 2 N–H and O–H groups in total. The molecule has 0 aromatic carbocycles. The average Bonchev–Trinajstić information content (AvgIpc) is 3.28. The molecule has 2 aliphatic heterocycles. The van der Waals surface area contributed by atoms with Crippen LogP contribution in [0.2, 0.25) is 0 Å². The van der Waals surface area contributed by atoms with Crippen LogP contribution in [0.15, 0.2) is 24.4 Å². The van der Waals surface area contributed by atoms with Crippen molar-refractivity contribution in [2.24, 2.45) is 17.3 Å². The molecule has 194 valence electrons. The Morgan fingerprint density at radius 2 is 1.95 bits per heavy atom. The second-order valence-electron chi connectivity index (χ2n) is 10.7. The summed E-state index contributed by atoms with van der Waals surface area (Å²) in [5, 5.41) is 6.67. The van der Waals surface area contributed by atoms with Gasteiger partial charge < -0.3 is 10.6 Å². The van der Waals surface area contributed by atoms with E-state index in [0.717, 1.165) is 23.9 Å². The van der Waals surface area contributed by atoms with Gasteiger partial charge in [-0.25, -0.2) is 4.98 Å². The summed E-state index contributed by atoms with van der Waals surface area (Å²) in [7, 11) is 0. The molecule has 0 spiro atoms. The van der Waals surface area contributed by atoms with Gasteiger partial charge in [-0.15, -0.1) is 11.3 Å². The lowest BCUT2D eigenvalue weighted by Crippen LogP contribution is -2.35. The van der Waals surface area contributed by atoms with Gasteiger partial charge in [0, 0.05) is 29.2 Å². The number of aromatic nitrogens is 2. The number of amides is 2. The molecule has 3 atom stereocenters.